The topological polar surface area (TPSA) is 114 Å². The molecule has 0 aromatic heterocycles. The highest BCUT2D eigenvalue weighted by atomic mass is 35.5. The van der Waals surface area contributed by atoms with Gasteiger partial charge in [0.25, 0.3) is 17.7 Å². The summed E-state index contributed by atoms with van der Waals surface area (Å²) in [4.78, 5) is 51.4. The van der Waals surface area contributed by atoms with E-state index >= 15 is 0 Å². The molecule has 11 heteroatoms. The maximum absolute atomic E-state index is 13.2. The monoisotopic (exact) mass is 567 g/mol. The van der Waals surface area contributed by atoms with Crippen LogP contribution in [0.25, 0.3) is 6.08 Å². The molecular weight excluding hydrogens is 545 g/mol. The molecule has 200 valence electrons. The number of hydrogen-bond acceptors (Lipinski definition) is 6. The maximum Gasteiger partial charge on any atom is 0.335 e. The summed E-state index contributed by atoms with van der Waals surface area (Å²) in [5.41, 5.74) is 1.75. The second kappa shape index (κ2) is 12.0. The van der Waals surface area contributed by atoms with Gasteiger partial charge in [0.1, 0.15) is 5.57 Å². The normalized spacial score (nSPS) is 14.3. The van der Waals surface area contributed by atoms with E-state index in [9.17, 15) is 19.2 Å². The molecule has 5 amide bonds. The SMILES string of the molecule is CCOc1cc(/C=C2\C(=O)NC(=O)N(c3ccccc3Cl)C2=O)cc(Cl)c1OCC(=O)Nc1cccc(C)c1. The number of aryl methyl sites for hydroxylation is 1. The molecule has 0 atom stereocenters. The molecule has 3 aromatic rings. The average Bonchev–Trinajstić information content (AvgIpc) is 2.87. The van der Waals surface area contributed by atoms with Gasteiger partial charge in [-0.25, -0.2) is 9.69 Å². The van der Waals surface area contributed by atoms with Gasteiger partial charge in [-0.3, -0.25) is 19.7 Å². The number of benzene rings is 3. The number of carbonyl (C=O) groups excluding carboxylic acids is 4. The van der Waals surface area contributed by atoms with E-state index < -0.39 is 23.8 Å². The lowest BCUT2D eigenvalue weighted by Crippen LogP contribution is -2.54. The minimum Gasteiger partial charge on any atom is -0.490 e. The Kier molecular flexibility index (Phi) is 8.53. The molecule has 1 heterocycles. The van der Waals surface area contributed by atoms with E-state index in [2.05, 4.69) is 10.6 Å². The number of halogens is 2. The van der Waals surface area contributed by atoms with Crippen molar-refractivity contribution in [2.75, 3.05) is 23.4 Å². The van der Waals surface area contributed by atoms with Gasteiger partial charge in [0, 0.05) is 5.69 Å². The van der Waals surface area contributed by atoms with Gasteiger partial charge < -0.3 is 14.8 Å². The largest absolute Gasteiger partial charge is 0.490 e. The smallest absolute Gasteiger partial charge is 0.335 e. The van der Waals surface area contributed by atoms with Gasteiger partial charge in [-0.15, -0.1) is 0 Å². The first-order valence-electron chi connectivity index (χ1n) is 11.8. The van der Waals surface area contributed by atoms with Gasteiger partial charge in [0.2, 0.25) is 0 Å². The minimum atomic E-state index is -0.920. The number of anilines is 2. The number of carbonyl (C=O) groups is 4. The quantitative estimate of drug-likeness (QED) is 0.279. The molecule has 1 aliphatic heterocycles. The van der Waals surface area contributed by atoms with Crippen molar-refractivity contribution in [1.82, 2.24) is 5.32 Å². The molecule has 1 saturated heterocycles. The Bertz CT molecular complexity index is 1500. The average molecular weight is 568 g/mol. The Labute approximate surface area is 234 Å². The summed E-state index contributed by atoms with van der Waals surface area (Å²) in [7, 11) is 0. The predicted octanol–water partition coefficient (Wildman–Crippen LogP) is 5.38. The van der Waals surface area contributed by atoms with Gasteiger partial charge in [-0.2, -0.15) is 0 Å². The fourth-order valence-corrected chi connectivity index (χ4v) is 4.30. The molecule has 0 unspecified atom stereocenters. The standard InChI is InChI=1S/C28H23Cl2N3O6/c1-3-38-23-14-17(13-21(30)25(23)39-15-24(34)31-18-8-6-7-16(2)11-18)12-19-26(35)32-28(37)33(27(19)36)22-10-5-4-9-20(22)29/h4-14H,3,15H2,1-2H3,(H,31,34)(H,32,35,37)/b19-12+. The van der Waals surface area contributed by atoms with Crippen LogP contribution >= 0.6 is 23.2 Å². The van der Waals surface area contributed by atoms with Crippen molar-refractivity contribution in [3.63, 3.8) is 0 Å². The molecule has 0 aliphatic carbocycles. The fourth-order valence-electron chi connectivity index (χ4n) is 3.81. The summed E-state index contributed by atoms with van der Waals surface area (Å²) in [5.74, 6) is -1.83. The molecule has 0 saturated carbocycles. The zero-order chi connectivity index (χ0) is 28.1. The Hall–Kier alpha value is -4.34. The van der Waals surface area contributed by atoms with Crippen molar-refractivity contribution in [2.45, 2.75) is 13.8 Å². The number of amides is 5. The highest BCUT2D eigenvalue weighted by Crippen LogP contribution is 2.38. The van der Waals surface area contributed by atoms with Crippen LogP contribution in [0.5, 0.6) is 11.5 Å². The van der Waals surface area contributed by atoms with Crippen LogP contribution in [0.4, 0.5) is 16.2 Å². The Morgan fingerprint density at radius 1 is 1.00 bits per heavy atom. The summed E-state index contributed by atoms with van der Waals surface area (Å²) in [6.07, 6.45) is 1.27. The lowest BCUT2D eigenvalue weighted by atomic mass is 10.1. The lowest BCUT2D eigenvalue weighted by Gasteiger charge is -2.27. The fraction of sp³-hybridized carbons (Fsp3) is 0.143. The van der Waals surface area contributed by atoms with Crippen LogP contribution in [-0.2, 0) is 14.4 Å². The molecule has 4 rings (SSSR count). The molecule has 0 spiro atoms. The summed E-state index contributed by atoms with van der Waals surface area (Å²) in [6.45, 7) is 3.56. The number of barbiturate groups is 1. The van der Waals surface area contributed by atoms with E-state index in [1.807, 2.05) is 25.1 Å². The number of para-hydroxylation sites is 1. The van der Waals surface area contributed by atoms with Crippen LogP contribution in [0.3, 0.4) is 0 Å². The number of ether oxygens (including phenoxy) is 2. The van der Waals surface area contributed by atoms with E-state index in [1.54, 1.807) is 25.1 Å². The van der Waals surface area contributed by atoms with Gasteiger partial charge in [0.15, 0.2) is 18.1 Å². The minimum absolute atomic E-state index is 0.0823. The highest BCUT2D eigenvalue weighted by Gasteiger charge is 2.37. The van der Waals surface area contributed by atoms with Crippen LogP contribution in [-0.4, -0.2) is 37.0 Å². The van der Waals surface area contributed by atoms with Crippen molar-refractivity contribution in [2.24, 2.45) is 0 Å². The molecule has 0 radical (unpaired) electrons. The molecule has 3 aromatic carbocycles. The van der Waals surface area contributed by atoms with E-state index in [4.69, 9.17) is 32.7 Å². The van der Waals surface area contributed by atoms with Gasteiger partial charge in [0.05, 0.1) is 22.3 Å². The molecule has 0 bridgehead atoms. The van der Waals surface area contributed by atoms with Gasteiger partial charge >= 0.3 is 6.03 Å². The molecule has 2 N–H and O–H groups in total. The van der Waals surface area contributed by atoms with Crippen molar-refractivity contribution < 1.29 is 28.7 Å². The second-order valence-corrected chi connectivity index (χ2v) is 9.19. The van der Waals surface area contributed by atoms with Crippen LogP contribution in [0.15, 0.2) is 66.2 Å². The van der Waals surface area contributed by atoms with Gasteiger partial charge in [-0.05, 0) is 67.4 Å². The van der Waals surface area contributed by atoms with Crippen LogP contribution in [0.2, 0.25) is 10.0 Å². The summed E-state index contributed by atoms with van der Waals surface area (Å²) in [5, 5.41) is 5.13. The number of nitrogens with one attached hydrogen (secondary N) is 2. The predicted molar refractivity (Wildman–Crippen MR) is 148 cm³/mol. The zero-order valence-corrected chi connectivity index (χ0v) is 22.4. The van der Waals surface area contributed by atoms with Crippen LogP contribution in [0, 0.1) is 6.92 Å². The van der Waals surface area contributed by atoms with Gasteiger partial charge in [-0.1, -0.05) is 47.5 Å². The van der Waals surface area contributed by atoms with E-state index in [1.165, 1.54) is 30.3 Å². The van der Waals surface area contributed by atoms with Crippen molar-refractivity contribution in [1.29, 1.82) is 0 Å². The van der Waals surface area contributed by atoms with E-state index in [-0.39, 0.29) is 46.0 Å². The summed E-state index contributed by atoms with van der Waals surface area (Å²) >= 11 is 12.6. The third-order valence-corrected chi connectivity index (χ3v) is 6.09. The summed E-state index contributed by atoms with van der Waals surface area (Å²) in [6, 6.07) is 15.6. The Morgan fingerprint density at radius 2 is 1.77 bits per heavy atom. The molecule has 1 aliphatic rings. The lowest BCUT2D eigenvalue weighted by molar-refractivity contribution is -0.122. The first-order valence-corrected chi connectivity index (χ1v) is 12.5. The third-order valence-electron chi connectivity index (χ3n) is 5.49. The van der Waals surface area contributed by atoms with E-state index in [0.29, 0.717) is 11.3 Å². The second-order valence-electron chi connectivity index (χ2n) is 8.38. The number of rotatable bonds is 8. The highest BCUT2D eigenvalue weighted by molar-refractivity contribution is 6.42. The van der Waals surface area contributed by atoms with Crippen LogP contribution in [0.1, 0.15) is 18.1 Å². The Morgan fingerprint density at radius 3 is 2.49 bits per heavy atom. The molecule has 39 heavy (non-hydrogen) atoms. The zero-order valence-electron chi connectivity index (χ0n) is 20.9. The van der Waals surface area contributed by atoms with Crippen molar-refractivity contribution in [3.8, 4) is 11.5 Å². The van der Waals surface area contributed by atoms with Crippen molar-refractivity contribution in [3.05, 3.63) is 87.4 Å². The first kappa shape index (κ1) is 27.7. The number of imide groups is 2. The number of nitrogens with zero attached hydrogens (tertiary/aromatic N) is 1. The Balaban J connectivity index is 1.59. The van der Waals surface area contributed by atoms with Crippen molar-refractivity contribution >= 4 is 64.4 Å². The number of urea groups is 1. The maximum atomic E-state index is 13.2. The number of hydrogen-bond donors (Lipinski definition) is 2. The molecule has 9 nitrogen and oxygen atoms in total. The first-order chi connectivity index (χ1) is 18.7. The van der Waals surface area contributed by atoms with Crippen LogP contribution < -0.4 is 25.0 Å². The third kappa shape index (κ3) is 6.39. The summed E-state index contributed by atoms with van der Waals surface area (Å²) < 4.78 is 11.3. The molecular formula is C28H23Cl2N3O6. The molecule has 1 fully saturated rings. The van der Waals surface area contributed by atoms with E-state index in [0.717, 1.165) is 10.5 Å².